The zero-order valence-electron chi connectivity index (χ0n) is 17.6. The predicted molar refractivity (Wildman–Crippen MR) is 130 cm³/mol. The normalized spacial score (nSPS) is 12.3. The van der Waals surface area contributed by atoms with Gasteiger partial charge in [-0.2, -0.15) is 11.8 Å². The summed E-state index contributed by atoms with van der Waals surface area (Å²) in [5.74, 6) is 1.66. The van der Waals surface area contributed by atoms with Gasteiger partial charge in [0.25, 0.3) is 0 Å². The molecule has 1 amide bonds. The molecule has 1 unspecified atom stereocenters. The lowest BCUT2D eigenvalue weighted by Crippen LogP contribution is -2.48. The van der Waals surface area contributed by atoms with E-state index >= 15 is 0 Å². The number of benzene rings is 2. The summed E-state index contributed by atoms with van der Waals surface area (Å²) in [6.45, 7) is 4.36. The van der Waals surface area contributed by atoms with E-state index < -0.39 is 16.1 Å². The molecule has 1 atom stereocenters. The minimum atomic E-state index is -3.66. The van der Waals surface area contributed by atoms with Gasteiger partial charge in [0.2, 0.25) is 15.9 Å². The first-order chi connectivity index (χ1) is 14.6. The zero-order chi connectivity index (χ0) is 23.0. The van der Waals surface area contributed by atoms with Gasteiger partial charge in [0.05, 0.1) is 28.6 Å². The second-order valence-corrected chi connectivity index (χ2v) is 10.5. The number of hydrogen-bond acceptors (Lipinski definition) is 5. The number of thioether (sulfide) groups is 1. The first kappa shape index (κ1) is 25.6. The van der Waals surface area contributed by atoms with E-state index in [9.17, 15) is 13.2 Å². The number of carbonyl (C=O) groups excluding carboxylic acids is 1. The monoisotopic (exact) mass is 504 g/mol. The van der Waals surface area contributed by atoms with E-state index in [1.807, 2.05) is 19.1 Å². The highest BCUT2D eigenvalue weighted by molar-refractivity contribution is 7.98. The molecule has 0 radical (unpaired) electrons. The Morgan fingerprint density at radius 3 is 2.42 bits per heavy atom. The van der Waals surface area contributed by atoms with Crippen LogP contribution >= 0.6 is 35.0 Å². The van der Waals surface area contributed by atoms with Crippen molar-refractivity contribution in [2.24, 2.45) is 0 Å². The summed E-state index contributed by atoms with van der Waals surface area (Å²) in [6, 6.07) is 11.2. The second-order valence-electron chi connectivity index (χ2n) is 6.75. The lowest BCUT2D eigenvalue weighted by atomic mass is 10.2. The van der Waals surface area contributed by atoms with Crippen LogP contribution in [0.25, 0.3) is 0 Å². The van der Waals surface area contributed by atoms with Gasteiger partial charge in [-0.15, -0.1) is 0 Å². The maximum Gasteiger partial charge on any atom is 0.243 e. The minimum absolute atomic E-state index is 0.366. The molecule has 0 aliphatic carbocycles. The number of nitrogens with one attached hydrogen (secondary N) is 1. The maximum absolute atomic E-state index is 12.6. The molecular formula is C21H26Cl2N2O4S2. The van der Waals surface area contributed by atoms with Crippen molar-refractivity contribution in [3.63, 3.8) is 0 Å². The SMILES string of the molecule is CCOc1ccc(N(C(C)C(=O)NCCSCc2ccc(Cl)c(Cl)c2)S(C)(=O)=O)cc1. The Labute approximate surface area is 198 Å². The van der Waals surface area contributed by atoms with Crippen LogP contribution in [0.2, 0.25) is 10.0 Å². The van der Waals surface area contributed by atoms with Crippen LogP contribution < -0.4 is 14.4 Å². The molecule has 0 aliphatic heterocycles. The van der Waals surface area contributed by atoms with Crippen LogP contribution in [-0.2, 0) is 20.6 Å². The van der Waals surface area contributed by atoms with Crippen LogP contribution in [0.3, 0.4) is 0 Å². The number of nitrogens with zero attached hydrogens (tertiary/aromatic N) is 1. The Morgan fingerprint density at radius 2 is 1.84 bits per heavy atom. The quantitative estimate of drug-likeness (QED) is 0.452. The van der Waals surface area contributed by atoms with Gasteiger partial charge in [-0.1, -0.05) is 29.3 Å². The van der Waals surface area contributed by atoms with Crippen LogP contribution in [0, 0.1) is 0 Å². The molecule has 0 aliphatic rings. The molecule has 31 heavy (non-hydrogen) atoms. The van der Waals surface area contributed by atoms with Crippen molar-refractivity contribution in [3.05, 3.63) is 58.1 Å². The molecule has 2 rings (SSSR count). The van der Waals surface area contributed by atoms with E-state index in [0.717, 1.165) is 21.9 Å². The van der Waals surface area contributed by atoms with E-state index in [1.165, 1.54) is 0 Å². The third-order valence-corrected chi connectivity index (χ3v) is 7.30. The Balaban J connectivity index is 1.91. The fourth-order valence-electron chi connectivity index (χ4n) is 2.88. The lowest BCUT2D eigenvalue weighted by molar-refractivity contribution is -0.121. The van der Waals surface area contributed by atoms with Gasteiger partial charge in [-0.25, -0.2) is 8.42 Å². The fourth-order valence-corrected chi connectivity index (χ4v) is 5.18. The van der Waals surface area contributed by atoms with Crippen LogP contribution in [0.4, 0.5) is 5.69 Å². The van der Waals surface area contributed by atoms with Gasteiger partial charge in [0.1, 0.15) is 11.8 Å². The number of amides is 1. The molecule has 0 saturated heterocycles. The van der Waals surface area contributed by atoms with Crippen molar-refractivity contribution >= 4 is 56.6 Å². The highest BCUT2D eigenvalue weighted by Gasteiger charge is 2.28. The number of hydrogen-bond donors (Lipinski definition) is 1. The molecule has 1 N–H and O–H groups in total. The summed E-state index contributed by atoms with van der Waals surface area (Å²) >= 11 is 13.6. The molecule has 0 heterocycles. The Bertz CT molecular complexity index is 985. The fraction of sp³-hybridized carbons (Fsp3) is 0.381. The molecule has 0 spiro atoms. The Morgan fingerprint density at radius 1 is 1.16 bits per heavy atom. The summed E-state index contributed by atoms with van der Waals surface area (Å²) in [6.07, 6.45) is 1.08. The molecule has 6 nitrogen and oxygen atoms in total. The predicted octanol–water partition coefficient (Wildman–Crippen LogP) is 4.60. The van der Waals surface area contributed by atoms with E-state index in [4.69, 9.17) is 27.9 Å². The number of ether oxygens (including phenoxy) is 1. The molecule has 2 aromatic carbocycles. The van der Waals surface area contributed by atoms with E-state index in [2.05, 4.69) is 5.32 Å². The van der Waals surface area contributed by atoms with Gasteiger partial charge < -0.3 is 10.1 Å². The van der Waals surface area contributed by atoms with E-state index in [1.54, 1.807) is 49.0 Å². The van der Waals surface area contributed by atoms with Crippen LogP contribution in [-0.4, -0.2) is 45.5 Å². The summed E-state index contributed by atoms with van der Waals surface area (Å²) < 4.78 is 31.2. The van der Waals surface area contributed by atoms with Crippen LogP contribution in [0.1, 0.15) is 19.4 Å². The third kappa shape index (κ3) is 7.79. The van der Waals surface area contributed by atoms with Crippen molar-refractivity contribution in [1.29, 1.82) is 0 Å². The molecule has 10 heteroatoms. The summed E-state index contributed by atoms with van der Waals surface area (Å²) in [5.41, 5.74) is 1.44. The first-order valence-electron chi connectivity index (χ1n) is 9.65. The van der Waals surface area contributed by atoms with Crippen molar-refractivity contribution < 1.29 is 17.9 Å². The molecule has 0 bridgehead atoms. The van der Waals surface area contributed by atoms with Gasteiger partial charge in [-0.05, 0) is 55.8 Å². The zero-order valence-corrected chi connectivity index (χ0v) is 20.7. The average Bonchev–Trinajstić information content (AvgIpc) is 2.70. The smallest absolute Gasteiger partial charge is 0.243 e. The van der Waals surface area contributed by atoms with Crippen molar-refractivity contribution in [2.75, 3.05) is 29.5 Å². The average molecular weight is 505 g/mol. The maximum atomic E-state index is 12.6. The van der Waals surface area contributed by atoms with Gasteiger partial charge in [0.15, 0.2) is 0 Å². The summed E-state index contributed by atoms with van der Waals surface area (Å²) in [4.78, 5) is 12.6. The Hall–Kier alpha value is -1.61. The van der Waals surface area contributed by atoms with Crippen molar-refractivity contribution in [1.82, 2.24) is 5.32 Å². The lowest BCUT2D eigenvalue weighted by Gasteiger charge is -2.28. The number of anilines is 1. The molecule has 170 valence electrons. The molecular weight excluding hydrogens is 479 g/mol. The second kappa shape index (κ2) is 11.9. The largest absolute Gasteiger partial charge is 0.494 e. The topological polar surface area (TPSA) is 75.7 Å². The van der Waals surface area contributed by atoms with Gasteiger partial charge in [0, 0.05) is 18.1 Å². The summed E-state index contributed by atoms with van der Waals surface area (Å²) in [7, 11) is -3.66. The van der Waals surface area contributed by atoms with Crippen molar-refractivity contribution in [2.45, 2.75) is 25.6 Å². The standard InChI is InChI=1S/C21H26Cl2N2O4S2/c1-4-29-18-8-6-17(7-9-18)25(31(3,27)28)15(2)21(26)24-11-12-30-14-16-5-10-19(22)20(23)13-16/h5-10,13,15H,4,11-12,14H2,1-3H3,(H,24,26). The first-order valence-corrected chi connectivity index (χ1v) is 13.4. The van der Waals surface area contributed by atoms with Gasteiger partial charge in [-0.3, -0.25) is 9.10 Å². The van der Waals surface area contributed by atoms with E-state index in [0.29, 0.717) is 40.4 Å². The highest BCUT2D eigenvalue weighted by atomic mass is 35.5. The molecule has 0 aromatic heterocycles. The van der Waals surface area contributed by atoms with E-state index in [-0.39, 0.29) is 5.91 Å². The minimum Gasteiger partial charge on any atom is -0.494 e. The number of carbonyl (C=O) groups is 1. The van der Waals surface area contributed by atoms with Crippen LogP contribution in [0.5, 0.6) is 5.75 Å². The Kier molecular flexibility index (Phi) is 9.81. The van der Waals surface area contributed by atoms with Crippen molar-refractivity contribution in [3.8, 4) is 5.75 Å². The summed E-state index contributed by atoms with van der Waals surface area (Å²) in [5, 5.41) is 3.83. The number of halogens is 2. The molecule has 0 fully saturated rings. The van der Waals surface area contributed by atoms with Gasteiger partial charge >= 0.3 is 0 Å². The number of sulfonamides is 1. The molecule has 0 saturated carbocycles. The highest BCUT2D eigenvalue weighted by Crippen LogP contribution is 2.25. The number of rotatable bonds is 11. The van der Waals surface area contributed by atoms with Crippen LogP contribution in [0.15, 0.2) is 42.5 Å². The third-order valence-electron chi connectivity index (χ3n) is 4.29. The molecule has 2 aromatic rings.